The molecule has 3 nitrogen and oxygen atoms in total. The van der Waals surface area contributed by atoms with Gasteiger partial charge in [-0.15, -0.1) is 11.8 Å². The molecule has 0 spiro atoms. The molecule has 4 heteroatoms. The van der Waals surface area contributed by atoms with Crippen molar-refractivity contribution in [1.82, 2.24) is 0 Å². The average molecular weight is 300 g/mol. The van der Waals surface area contributed by atoms with Crippen molar-refractivity contribution in [3.05, 3.63) is 60.7 Å². The zero-order valence-electron chi connectivity index (χ0n) is 11.9. The smallest absolute Gasteiger partial charge is 0.241 e. The Morgan fingerprint density at radius 1 is 1.05 bits per heavy atom. The van der Waals surface area contributed by atoms with Gasteiger partial charge in [0.2, 0.25) is 5.91 Å². The lowest BCUT2D eigenvalue weighted by Gasteiger charge is -2.12. The van der Waals surface area contributed by atoms with E-state index in [1.807, 2.05) is 48.5 Å². The van der Waals surface area contributed by atoms with Crippen molar-refractivity contribution in [1.29, 1.82) is 0 Å². The second kappa shape index (κ2) is 8.49. The maximum Gasteiger partial charge on any atom is 0.241 e. The first-order chi connectivity index (χ1) is 10.3. The number of para-hydroxylation sites is 1. The summed E-state index contributed by atoms with van der Waals surface area (Å²) in [4.78, 5) is 13.2. The van der Waals surface area contributed by atoms with E-state index in [9.17, 15) is 4.79 Å². The standard InChI is InChI=1S/C17H20N2OS/c18-16(17(20)19-14-8-3-1-4-9-14)12-7-13-21-15-10-5-2-6-11-15/h1-6,8-11,16H,7,12-13,18H2,(H,19,20). The third-order valence-corrected chi connectivity index (χ3v) is 4.15. The number of carbonyl (C=O) groups excluding carboxylic acids is 1. The van der Waals surface area contributed by atoms with Gasteiger partial charge in [0.25, 0.3) is 0 Å². The molecule has 0 saturated carbocycles. The molecule has 2 aromatic rings. The largest absolute Gasteiger partial charge is 0.325 e. The van der Waals surface area contributed by atoms with Crippen LogP contribution in [-0.4, -0.2) is 17.7 Å². The van der Waals surface area contributed by atoms with E-state index in [4.69, 9.17) is 5.73 Å². The lowest BCUT2D eigenvalue weighted by molar-refractivity contribution is -0.117. The number of amides is 1. The fourth-order valence-corrected chi connectivity index (χ4v) is 2.79. The number of carbonyl (C=O) groups is 1. The van der Waals surface area contributed by atoms with E-state index in [0.717, 1.165) is 17.9 Å². The van der Waals surface area contributed by atoms with Gasteiger partial charge in [-0.2, -0.15) is 0 Å². The summed E-state index contributed by atoms with van der Waals surface area (Å²) in [7, 11) is 0. The van der Waals surface area contributed by atoms with Gasteiger partial charge in [-0.05, 0) is 42.9 Å². The predicted octanol–water partition coefficient (Wildman–Crippen LogP) is 3.52. The Morgan fingerprint density at radius 2 is 1.67 bits per heavy atom. The van der Waals surface area contributed by atoms with E-state index in [2.05, 4.69) is 17.4 Å². The summed E-state index contributed by atoms with van der Waals surface area (Å²) < 4.78 is 0. The van der Waals surface area contributed by atoms with Crippen molar-refractivity contribution in [2.75, 3.05) is 11.1 Å². The molecule has 0 radical (unpaired) electrons. The van der Waals surface area contributed by atoms with Crippen molar-refractivity contribution < 1.29 is 4.79 Å². The Morgan fingerprint density at radius 3 is 2.33 bits per heavy atom. The summed E-state index contributed by atoms with van der Waals surface area (Å²) in [6, 6.07) is 19.2. The highest BCUT2D eigenvalue weighted by atomic mass is 32.2. The molecule has 1 unspecified atom stereocenters. The number of rotatable bonds is 7. The van der Waals surface area contributed by atoms with Crippen LogP contribution in [0.3, 0.4) is 0 Å². The highest BCUT2D eigenvalue weighted by Crippen LogP contribution is 2.18. The Hall–Kier alpha value is -1.78. The van der Waals surface area contributed by atoms with Crippen LogP contribution in [0.25, 0.3) is 0 Å². The van der Waals surface area contributed by atoms with Gasteiger partial charge < -0.3 is 11.1 Å². The molecule has 21 heavy (non-hydrogen) atoms. The van der Waals surface area contributed by atoms with Crippen LogP contribution < -0.4 is 11.1 Å². The number of hydrogen-bond acceptors (Lipinski definition) is 3. The minimum Gasteiger partial charge on any atom is -0.325 e. The highest BCUT2D eigenvalue weighted by Gasteiger charge is 2.12. The molecular weight excluding hydrogens is 280 g/mol. The van der Waals surface area contributed by atoms with Gasteiger partial charge in [0.05, 0.1) is 6.04 Å². The van der Waals surface area contributed by atoms with E-state index >= 15 is 0 Å². The maximum absolute atomic E-state index is 11.9. The topological polar surface area (TPSA) is 55.1 Å². The maximum atomic E-state index is 11.9. The van der Waals surface area contributed by atoms with Crippen LogP contribution >= 0.6 is 11.8 Å². The van der Waals surface area contributed by atoms with E-state index in [0.29, 0.717) is 6.42 Å². The summed E-state index contributed by atoms with van der Waals surface area (Å²) in [6.07, 6.45) is 1.61. The minimum absolute atomic E-state index is 0.120. The molecule has 0 aromatic heterocycles. The van der Waals surface area contributed by atoms with E-state index < -0.39 is 6.04 Å². The number of hydrogen-bond donors (Lipinski definition) is 2. The first kappa shape index (κ1) is 15.6. The molecule has 0 heterocycles. The van der Waals surface area contributed by atoms with Crippen LogP contribution in [0, 0.1) is 0 Å². The summed E-state index contributed by atoms with van der Waals surface area (Å²) >= 11 is 1.79. The Kier molecular flexibility index (Phi) is 6.31. The molecule has 3 N–H and O–H groups in total. The number of nitrogens with two attached hydrogens (primary N) is 1. The molecule has 1 atom stereocenters. The van der Waals surface area contributed by atoms with Gasteiger partial charge >= 0.3 is 0 Å². The van der Waals surface area contributed by atoms with Crippen molar-refractivity contribution in [3.63, 3.8) is 0 Å². The predicted molar refractivity (Wildman–Crippen MR) is 89.4 cm³/mol. The van der Waals surface area contributed by atoms with Gasteiger partial charge in [-0.1, -0.05) is 36.4 Å². The number of anilines is 1. The monoisotopic (exact) mass is 300 g/mol. The molecule has 0 bridgehead atoms. The molecule has 0 aliphatic carbocycles. The Labute approximate surface area is 129 Å². The molecule has 0 aliphatic heterocycles. The zero-order valence-corrected chi connectivity index (χ0v) is 12.7. The van der Waals surface area contributed by atoms with Crippen molar-refractivity contribution in [2.45, 2.75) is 23.8 Å². The Bertz CT molecular complexity index is 545. The molecular formula is C17H20N2OS. The third kappa shape index (κ3) is 5.61. The second-order valence-corrected chi connectivity index (χ2v) is 5.93. The normalized spacial score (nSPS) is 11.9. The van der Waals surface area contributed by atoms with E-state index in [1.165, 1.54) is 4.90 Å². The lowest BCUT2D eigenvalue weighted by atomic mass is 10.1. The lowest BCUT2D eigenvalue weighted by Crippen LogP contribution is -2.35. The fraction of sp³-hybridized carbons (Fsp3) is 0.235. The Balaban J connectivity index is 1.67. The van der Waals surface area contributed by atoms with Crippen LogP contribution in [0.1, 0.15) is 12.8 Å². The molecule has 2 aromatic carbocycles. The van der Waals surface area contributed by atoms with Crippen molar-refractivity contribution in [3.8, 4) is 0 Å². The second-order valence-electron chi connectivity index (χ2n) is 4.77. The van der Waals surface area contributed by atoms with E-state index in [-0.39, 0.29) is 5.91 Å². The molecule has 0 aliphatic rings. The van der Waals surface area contributed by atoms with Gasteiger partial charge in [-0.25, -0.2) is 0 Å². The number of thioether (sulfide) groups is 1. The summed E-state index contributed by atoms with van der Waals surface area (Å²) in [5.74, 6) is 0.849. The molecule has 110 valence electrons. The van der Waals surface area contributed by atoms with Gasteiger partial charge in [-0.3, -0.25) is 4.79 Å². The zero-order chi connectivity index (χ0) is 14.9. The average Bonchev–Trinajstić information content (AvgIpc) is 2.53. The first-order valence-electron chi connectivity index (χ1n) is 7.05. The van der Waals surface area contributed by atoms with Crippen LogP contribution in [-0.2, 0) is 4.79 Å². The van der Waals surface area contributed by atoms with Crippen LogP contribution in [0.5, 0.6) is 0 Å². The SMILES string of the molecule is NC(CCCSc1ccccc1)C(=O)Nc1ccccc1. The number of nitrogens with one attached hydrogen (secondary N) is 1. The third-order valence-electron chi connectivity index (χ3n) is 3.05. The molecule has 0 saturated heterocycles. The summed E-state index contributed by atoms with van der Waals surface area (Å²) in [6.45, 7) is 0. The summed E-state index contributed by atoms with van der Waals surface area (Å²) in [5.41, 5.74) is 6.71. The molecule has 0 fully saturated rings. The minimum atomic E-state index is -0.457. The van der Waals surface area contributed by atoms with Crippen molar-refractivity contribution in [2.24, 2.45) is 5.73 Å². The van der Waals surface area contributed by atoms with Crippen LogP contribution in [0.15, 0.2) is 65.6 Å². The quantitative estimate of drug-likeness (QED) is 0.607. The van der Waals surface area contributed by atoms with Crippen LogP contribution in [0.2, 0.25) is 0 Å². The number of benzene rings is 2. The highest BCUT2D eigenvalue weighted by molar-refractivity contribution is 7.99. The van der Waals surface area contributed by atoms with Gasteiger partial charge in [0.15, 0.2) is 0 Å². The summed E-state index contributed by atoms with van der Waals surface area (Å²) in [5, 5.41) is 2.83. The van der Waals surface area contributed by atoms with Gasteiger partial charge in [0.1, 0.15) is 0 Å². The fourth-order valence-electron chi connectivity index (χ4n) is 1.90. The van der Waals surface area contributed by atoms with Gasteiger partial charge in [0, 0.05) is 10.6 Å². The first-order valence-corrected chi connectivity index (χ1v) is 8.03. The molecule has 1 amide bonds. The molecule has 2 rings (SSSR count). The van der Waals surface area contributed by atoms with Crippen LogP contribution in [0.4, 0.5) is 5.69 Å². The van der Waals surface area contributed by atoms with E-state index in [1.54, 1.807) is 11.8 Å². The van der Waals surface area contributed by atoms with Crippen molar-refractivity contribution >= 4 is 23.4 Å².